The first-order valence-corrected chi connectivity index (χ1v) is 6.07. The zero-order valence-electron chi connectivity index (χ0n) is 10.2. The summed E-state index contributed by atoms with van der Waals surface area (Å²) in [6.45, 7) is 0.150. The van der Waals surface area contributed by atoms with Gasteiger partial charge >= 0.3 is 0 Å². The molecule has 0 aliphatic carbocycles. The molecular weight excluding hydrogens is 282 g/mol. The van der Waals surface area contributed by atoms with Crippen LogP contribution in [0.2, 0.25) is 5.02 Å². The van der Waals surface area contributed by atoms with Gasteiger partial charge in [0.05, 0.1) is 4.92 Å². The lowest BCUT2D eigenvalue weighted by Crippen LogP contribution is -2.23. The largest absolute Gasteiger partial charge is 0.348 e. The fraction of sp³-hybridized carbons (Fsp3) is 0.0769. The summed E-state index contributed by atoms with van der Waals surface area (Å²) in [6.07, 6.45) is 3.07. The van der Waals surface area contributed by atoms with E-state index in [9.17, 15) is 14.9 Å². The van der Waals surface area contributed by atoms with Gasteiger partial charge in [-0.25, -0.2) is 0 Å². The van der Waals surface area contributed by atoms with Gasteiger partial charge in [0, 0.05) is 35.6 Å². The highest BCUT2D eigenvalue weighted by atomic mass is 35.5. The molecule has 1 amide bonds. The van der Waals surface area contributed by atoms with E-state index in [1.54, 1.807) is 12.1 Å². The monoisotopic (exact) mass is 291 g/mol. The van der Waals surface area contributed by atoms with Gasteiger partial charge in [0.2, 0.25) is 0 Å². The number of hydrogen-bond donors (Lipinski definition) is 1. The number of benzene rings is 1. The summed E-state index contributed by atoms with van der Waals surface area (Å²) >= 11 is 5.94. The number of pyridine rings is 1. The Balaban J connectivity index is 2.14. The van der Waals surface area contributed by atoms with E-state index in [-0.39, 0.29) is 17.8 Å². The molecule has 0 aliphatic rings. The Morgan fingerprint density at radius 1 is 1.35 bits per heavy atom. The lowest BCUT2D eigenvalue weighted by Gasteiger charge is -2.06. The predicted octanol–water partition coefficient (Wildman–Crippen LogP) is 2.57. The fourth-order valence-corrected chi connectivity index (χ4v) is 1.81. The van der Waals surface area contributed by atoms with Crippen molar-refractivity contribution in [3.05, 3.63) is 69.0 Å². The summed E-state index contributed by atoms with van der Waals surface area (Å²) in [5.41, 5.74) is 0.417. The average molecular weight is 292 g/mol. The van der Waals surface area contributed by atoms with Crippen LogP contribution in [0.4, 0.5) is 5.69 Å². The van der Waals surface area contributed by atoms with Crippen molar-refractivity contribution in [2.45, 2.75) is 6.54 Å². The molecular formula is C13H10ClN3O3. The van der Waals surface area contributed by atoms with E-state index < -0.39 is 10.8 Å². The molecule has 1 aromatic carbocycles. The second-order valence-corrected chi connectivity index (χ2v) is 4.33. The molecule has 2 aromatic rings. The SMILES string of the molecule is O=C(NCc1cnccc1Cl)c1ccccc1[N+](=O)[O-]. The number of carbonyl (C=O) groups is 1. The molecule has 2 rings (SSSR count). The number of para-hydroxylation sites is 1. The van der Waals surface area contributed by atoms with Crippen LogP contribution in [0.15, 0.2) is 42.7 Å². The molecule has 1 N–H and O–H groups in total. The van der Waals surface area contributed by atoms with Crippen LogP contribution in [-0.2, 0) is 6.54 Å². The number of nitrogens with one attached hydrogen (secondary N) is 1. The normalized spacial score (nSPS) is 10.1. The van der Waals surface area contributed by atoms with E-state index in [0.717, 1.165) is 0 Å². The van der Waals surface area contributed by atoms with Crippen molar-refractivity contribution < 1.29 is 9.72 Å². The summed E-state index contributed by atoms with van der Waals surface area (Å²) < 4.78 is 0. The molecule has 20 heavy (non-hydrogen) atoms. The topological polar surface area (TPSA) is 85.1 Å². The van der Waals surface area contributed by atoms with E-state index >= 15 is 0 Å². The maximum Gasteiger partial charge on any atom is 0.282 e. The van der Waals surface area contributed by atoms with Crippen LogP contribution >= 0.6 is 11.6 Å². The van der Waals surface area contributed by atoms with Crippen molar-refractivity contribution in [2.75, 3.05) is 0 Å². The number of aromatic nitrogens is 1. The number of carbonyl (C=O) groups excluding carboxylic acids is 1. The Kier molecular flexibility index (Phi) is 4.27. The minimum atomic E-state index is -0.591. The highest BCUT2D eigenvalue weighted by Gasteiger charge is 2.18. The van der Waals surface area contributed by atoms with Crippen molar-refractivity contribution in [1.29, 1.82) is 0 Å². The van der Waals surface area contributed by atoms with Crippen molar-refractivity contribution in [3.8, 4) is 0 Å². The van der Waals surface area contributed by atoms with Gasteiger partial charge in [0.25, 0.3) is 11.6 Å². The van der Waals surface area contributed by atoms with Gasteiger partial charge in [0.15, 0.2) is 0 Å². The second-order valence-electron chi connectivity index (χ2n) is 3.92. The Bertz CT molecular complexity index is 661. The maximum atomic E-state index is 12.0. The molecule has 0 bridgehead atoms. The molecule has 0 atom stereocenters. The van der Waals surface area contributed by atoms with Crippen LogP contribution in [0.3, 0.4) is 0 Å². The molecule has 1 aromatic heterocycles. The molecule has 7 heteroatoms. The Labute approximate surface area is 119 Å². The van der Waals surface area contributed by atoms with E-state index in [0.29, 0.717) is 10.6 Å². The molecule has 1 heterocycles. The van der Waals surface area contributed by atoms with Gasteiger partial charge in [-0.15, -0.1) is 0 Å². The van der Waals surface area contributed by atoms with E-state index in [1.807, 2.05) is 0 Å². The molecule has 0 spiro atoms. The summed E-state index contributed by atoms with van der Waals surface area (Å²) in [5.74, 6) is -0.530. The van der Waals surface area contributed by atoms with Crippen LogP contribution in [0.5, 0.6) is 0 Å². The number of nitrogens with zero attached hydrogens (tertiary/aromatic N) is 2. The van der Waals surface area contributed by atoms with E-state index in [1.165, 1.54) is 30.6 Å². The average Bonchev–Trinajstić information content (AvgIpc) is 2.46. The molecule has 0 fully saturated rings. The standard InChI is InChI=1S/C13H10ClN3O3/c14-11-5-6-15-7-9(11)8-16-13(18)10-3-1-2-4-12(10)17(19)20/h1-7H,8H2,(H,16,18). The number of hydrogen-bond acceptors (Lipinski definition) is 4. The Hall–Kier alpha value is -2.47. The first kappa shape index (κ1) is 14.0. The summed E-state index contributed by atoms with van der Waals surface area (Å²) in [6, 6.07) is 7.37. The van der Waals surface area contributed by atoms with E-state index in [4.69, 9.17) is 11.6 Å². The smallest absolute Gasteiger partial charge is 0.282 e. The van der Waals surface area contributed by atoms with Crippen LogP contribution in [-0.4, -0.2) is 15.8 Å². The molecule has 102 valence electrons. The zero-order valence-corrected chi connectivity index (χ0v) is 11.0. The predicted molar refractivity (Wildman–Crippen MR) is 73.5 cm³/mol. The van der Waals surface area contributed by atoms with Crippen molar-refractivity contribution in [3.63, 3.8) is 0 Å². The maximum absolute atomic E-state index is 12.0. The van der Waals surface area contributed by atoms with Gasteiger partial charge in [-0.3, -0.25) is 19.9 Å². The number of nitro groups is 1. The first-order chi connectivity index (χ1) is 9.59. The van der Waals surface area contributed by atoms with Crippen LogP contribution in [0, 0.1) is 10.1 Å². The molecule has 0 saturated heterocycles. The summed E-state index contributed by atoms with van der Waals surface area (Å²) in [5, 5.41) is 13.9. The molecule has 0 saturated carbocycles. The molecule has 6 nitrogen and oxygen atoms in total. The minimum absolute atomic E-state index is 0.0116. The van der Waals surface area contributed by atoms with E-state index in [2.05, 4.69) is 10.3 Å². The Morgan fingerprint density at radius 3 is 2.80 bits per heavy atom. The number of halogens is 1. The van der Waals surface area contributed by atoms with Crippen LogP contribution < -0.4 is 5.32 Å². The molecule has 0 radical (unpaired) electrons. The van der Waals surface area contributed by atoms with Crippen molar-refractivity contribution in [2.24, 2.45) is 0 Å². The van der Waals surface area contributed by atoms with Crippen molar-refractivity contribution in [1.82, 2.24) is 10.3 Å². The zero-order chi connectivity index (χ0) is 14.5. The number of nitro benzene ring substituents is 1. The van der Waals surface area contributed by atoms with Gasteiger partial charge < -0.3 is 5.32 Å². The van der Waals surface area contributed by atoms with Crippen LogP contribution in [0.1, 0.15) is 15.9 Å². The van der Waals surface area contributed by atoms with Gasteiger partial charge in [-0.2, -0.15) is 0 Å². The fourth-order valence-electron chi connectivity index (χ4n) is 1.64. The third kappa shape index (κ3) is 3.10. The van der Waals surface area contributed by atoms with Crippen molar-refractivity contribution >= 4 is 23.2 Å². The highest BCUT2D eigenvalue weighted by Crippen LogP contribution is 2.18. The number of rotatable bonds is 4. The van der Waals surface area contributed by atoms with Gasteiger partial charge in [0.1, 0.15) is 5.56 Å². The first-order valence-electron chi connectivity index (χ1n) is 5.69. The third-order valence-corrected chi connectivity index (χ3v) is 3.00. The lowest BCUT2D eigenvalue weighted by molar-refractivity contribution is -0.385. The van der Waals surface area contributed by atoms with Gasteiger partial charge in [-0.05, 0) is 12.1 Å². The van der Waals surface area contributed by atoms with Gasteiger partial charge in [-0.1, -0.05) is 23.7 Å². The third-order valence-electron chi connectivity index (χ3n) is 2.63. The summed E-state index contributed by atoms with van der Waals surface area (Å²) in [7, 11) is 0. The quantitative estimate of drug-likeness (QED) is 0.693. The highest BCUT2D eigenvalue weighted by molar-refractivity contribution is 6.31. The second kappa shape index (κ2) is 6.12. The number of amides is 1. The van der Waals surface area contributed by atoms with Crippen LogP contribution in [0.25, 0.3) is 0 Å². The Morgan fingerprint density at radius 2 is 2.10 bits per heavy atom. The molecule has 0 aliphatic heterocycles. The summed E-state index contributed by atoms with van der Waals surface area (Å²) in [4.78, 5) is 26.1. The minimum Gasteiger partial charge on any atom is -0.348 e. The molecule has 0 unspecified atom stereocenters. The lowest BCUT2D eigenvalue weighted by atomic mass is 10.1.